The van der Waals surface area contributed by atoms with Crippen molar-refractivity contribution in [2.24, 2.45) is 0 Å². The van der Waals surface area contributed by atoms with Crippen LogP contribution >= 0.6 is 11.3 Å². The average Bonchev–Trinajstić information content (AvgIpc) is 3.12. The van der Waals surface area contributed by atoms with Crippen LogP contribution in [0.1, 0.15) is 42.0 Å². The molecule has 4 heteroatoms. The summed E-state index contributed by atoms with van der Waals surface area (Å²) in [4.78, 5) is 5.03. The molecule has 1 saturated carbocycles. The fourth-order valence-corrected chi connectivity index (χ4v) is 2.89. The van der Waals surface area contributed by atoms with E-state index in [1.54, 1.807) is 0 Å². The maximum Gasteiger partial charge on any atom is 0.0728 e. The Morgan fingerprint density at radius 2 is 2.10 bits per heavy atom. The average molecular weight is 296 g/mol. The van der Waals surface area contributed by atoms with E-state index in [2.05, 4.69) is 51.1 Å². The van der Waals surface area contributed by atoms with Crippen molar-refractivity contribution in [1.82, 2.24) is 10.2 Å². The Hall–Kier alpha value is -0.420. The van der Waals surface area contributed by atoms with E-state index < -0.39 is 0 Å². The first-order valence-electron chi connectivity index (χ1n) is 7.45. The largest absolute Gasteiger partial charge is 0.375 e. The summed E-state index contributed by atoms with van der Waals surface area (Å²) < 4.78 is 5.92. The third-order valence-corrected chi connectivity index (χ3v) is 5.23. The topological polar surface area (TPSA) is 24.5 Å². The Bertz CT molecular complexity index is 436. The van der Waals surface area contributed by atoms with Crippen molar-refractivity contribution in [3.05, 3.63) is 21.4 Å². The fourth-order valence-electron chi connectivity index (χ4n) is 1.89. The number of nitrogens with one attached hydrogen (secondary N) is 1. The Morgan fingerprint density at radius 3 is 2.70 bits per heavy atom. The lowest BCUT2D eigenvalue weighted by molar-refractivity contribution is 0.0274. The third kappa shape index (κ3) is 4.55. The van der Waals surface area contributed by atoms with Gasteiger partial charge in [0.05, 0.1) is 13.2 Å². The van der Waals surface area contributed by atoms with Crippen LogP contribution in [0.5, 0.6) is 0 Å². The van der Waals surface area contributed by atoms with Crippen molar-refractivity contribution in [3.8, 4) is 0 Å². The van der Waals surface area contributed by atoms with E-state index in [1.807, 2.05) is 11.3 Å². The van der Waals surface area contributed by atoms with Gasteiger partial charge in [-0.05, 0) is 59.3 Å². The van der Waals surface area contributed by atoms with Gasteiger partial charge in [-0.15, -0.1) is 11.3 Å². The summed E-state index contributed by atoms with van der Waals surface area (Å²) in [5, 5.41) is 3.57. The predicted octanol–water partition coefficient (Wildman–Crippen LogP) is 3.17. The number of likely N-dealkylation sites (N-methyl/N-ethyl adjacent to an activating group) is 1. The summed E-state index contributed by atoms with van der Waals surface area (Å²) in [6.45, 7) is 9.10. The first-order chi connectivity index (χ1) is 9.38. The van der Waals surface area contributed by atoms with Crippen molar-refractivity contribution in [1.29, 1.82) is 0 Å². The molecular weight excluding hydrogens is 268 g/mol. The molecule has 0 aliphatic heterocycles. The highest BCUT2D eigenvalue weighted by Crippen LogP contribution is 2.25. The second kappa shape index (κ2) is 6.56. The number of nitrogens with zero attached hydrogens (tertiary/aromatic N) is 1. The van der Waals surface area contributed by atoms with Gasteiger partial charge in [-0.3, -0.25) is 0 Å². The van der Waals surface area contributed by atoms with Crippen LogP contribution in [0.4, 0.5) is 0 Å². The number of aryl methyl sites for hydroxylation is 1. The summed E-state index contributed by atoms with van der Waals surface area (Å²) in [5.41, 5.74) is 1.43. The molecule has 0 saturated heterocycles. The van der Waals surface area contributed by atoms with Crippen LogP contribution in [-0.4, -0.2) is 37.2 Å². The number of ether oxygens (including phenoxy) is 1. The molecule has 0 amide bonds. The molecule has 0 unspecified atom stereocenters. The van der Waals surface area contributed by atoms with Gasteiger partial charge in [0.2, 0.25) is 0 Å². The highest BCUT2D eigenvalue weighted by atomic mass is 32.1. The molecule has 1 aliphatic rings. The Morgan fingerprint density at radius 1 is 1.40 bits per heavy atom. The van der Waals surface area contributed by atoms with Gasteiger partial charge >= 0.3 is 0 Å². The lowest BCUT2D eigenvalue weighted by atomic mass is 10.1. The van der Waals surface area contributed by atoms with Crippen LogP contribution in [0, 0.1) is 6.92 Å². The molecule has 20 heavy (non-hydrogen) atoms. The van der Waals surface area contributed by atoms with E-state index in [9.17, 15) is 0 Å². The lowest BCUT2D eigenvalue weighted by Crippen LogP contribution is -2.42. The van der Waals surface area contributed by atoms with Gasteiger partial charge in [0.1, 0.15) is 0 Å². The van der Waals surface area contributed by atoms with E-state index in [0.717, 1.165) is 25.8 Å². The molecule has 1 N–H and O–H groups in total. The van der Waals surface area contributed by atoms with Crippen LogP contribution in [0.2, 0.25) is 0 Å². The van der Waals surface area contributed by atoms with Crippen LogP contribution in [0.3, 0.4) is 0 Å². The fraction of sp³-hybridized carbons (Fsp3) is 0.750. The minimum atomic E-state index is 0.0836. The van der Waals surface area contributed by atoms with Crippen molar-refractivity contribution < 1.29 is 4.74 Å². The monoisotopic (exact) mass is 296 g/mol. The van der Waals surface area contributed by atoms with Crippen LogP contribution in [0.25, 0.3) is 0 Å². The van der Waals surface area contributed by atoms with Gasteiger partial charge in [-0.25, -0.2) is 0 Å². The number of hydrogen-bond acceptors (Lipinski definition) is 4. The van der Waals surface area contributed by atoms with Gasteiger partial charge in [0.15, 0.2) is 0 Å². The quantitative estimate of drug-likeness (QED) is 0.797. The van der Waals surface area contributed by atoms with E-state index in [0.29, 0.717) is 0 Å². The molecule has 114 valence electrons. The summed E-state index contributed by atoms with van der Waals surface area (Å²) >= 11 is 1.90. The molecule has 3 nitrogen and oxygen atoms in total. The van der Waals surface area contributed by atoms with Gasteiger partial charge in [0.25, 0.3) is 0 Å². The Balaban J connectivity index is 1.79. The minimum absolute atomic E-state index is 0.0836. The zero-order valence-electron chi connectivity index (χ0n) is 13.5. The second-order valence-electron chi connectivity index (χ2n) is 6.65. The standard InChI is InChI=1S/C16H28N2OS/c1-12-13(10-19-11-16(2,3)18(4)5)8-15(20-12)9-17-14-6-7-14/h8,14,17H,6-7,9-11H2,1-5H3. The molecule has 0 radical (unpaired) electrons. The van der Waals surface area contributed by atoms with E-state index >= 15 is 0 Å². The van der Waals surface area contributed by atoms with Crippen LogP contribution in [0.15, 0.2) is 6.07 Å². The Labute approximate surface area is 127 Å². The molecule has 0 spiro atoms. The van der Waals surface area contributed by atoms with E-state index in [4.69, 9.17) is 4.74 Å². The molecule has 2 rings (SSSR count). The Kier molecular flexibility index (Phi) is 5.24. The van der Waals surface area contributed by atoms with Gasteiger partial charge < -0.3 is 15.0 Å². The highest BCUT2D eigenvalue weighted by molar-refractivity contribution is 7.12. The molecule has 1 aliphatic carbocycles. The van der Waals surface area contributed by atoms with Gasteiger partial charge in [0, 0.05) is 27.9 Å². The van der Waals surface area contributed by atoms with Crippen molar-refractivity contribution >= 4 is 11.3 Å². The summed E-state index contributed by atoms with van der Waals surface area (Å²) in [7, 11) is 4.20. The molecule has 1 heterocycles. The smallest absolute Gasteiger partial charge is 0.0728 e. The molecule has 1 fully saturated rings. The van der Waals surface area contributed by atoms with Crippen molar-refractivity contribution in [2.75, 3.05) is 20.7 Å². The van der Waals surface area contributed by atoms with E-state index in [-0.39, 0.29) is 5.54 Å². The maximum atomic E-state index is 5.92. The summed E-state index contributed by atoms with van der Waals surface area (Å²) in [6, 6.07) is 3.08. The zero-order chi connectivity index (χ0) is 14.8. The zero-order valence-corrected chi connectivity index (χ0v) is 14.3. The highest BCUT2D eigenvalue weighted by Gasteiger charge is 2.22. The molecular formula is C16H28N2OS. The second-order valence-corrected chi connectivity index (χ2v) is 7.99. The SMILES string of the molecule is Cc1sc(CNC2CC2)cc1COCC(C)(C)N(C)C. The predicted molar refractivity (Wildman–Crippen MR) is 86.3 cm³/mol. The molecule has 1 aromatic rings. The minimum Gasteiger partial charge on any atom is -0.375 e. The summed E-state index contributed by atoms with van der Waals surface area (Å²) in [5.74, 6) is 0. The molecule has 0 aromatic carbocycles. The van der Waals surface area contributed by atoms with Crippen LogP contribution in [-0.2, 0) is 17.9 Å². The lowest BCUT2D eigenvalue weighted by Gasteiger charge is -2.32. The first kappa shape index (κ1) is 16.0. The van der Waals surface area contributed by atoms with Crippen LogP contribution < -0.4 is 5.32 Å². The normalized spacial score (nSPS) is 16.1. The first-order valence-corrected chi connectivity index (χ1v) is 8.27. The van der Waals surface area contributed by atoms with Crippen molar-refractivity contribution in [2.45, 2.75) is 58.3 Å². The van der Waals surface area contributed by atoms with Crippen molar-refractivity contribution in [3.63, 3.8) is 0 Å². The number of rotatable bonds is 8. The van der Waals surface area contributed by atoms with Gasteiger partial charge in [-0.2, -0.15) is 0 Å². The van der Waals surface area contributed by atoms with Gasteiger partial charge in [-0.1, -0.05) is 0 Å². The number of thiophene rings is 1. The molecule has 1 aromatic heterocycles. The summed E-state index contributed by atoms with van der Waals surface area (Å²) in [6.07, 6.45) is 2.69. The third-order valence-electron chi connectivity index (χ3n) is 4.14. The maximum absolute atomic E-state index is 5.92. The van der Waals surface area contributed by atoms with E-state index in [1.165, 1.54) is 28.2 Å². The molecule has 0 bridgehead atoms. The molecule has 0 atom stereocenters. The number of hydrogen-bond donors (Lipinski definition) is 1.